The summed E-state index contributed by atoms with van der Waals surface area (Å²) < 4.78 is 5.11. The van der Waals surface area contributed by atoms with Gasteiger partial charge in [0.25, 0.3) is 0 Å². The van der Waals surface area contributed by atoms with Crippen molar-refractivity contribution in [2.24, 2.45) is 4.99 Å². The predicted octanol–water partition coefficient (Wildman–Crippen LogP) is 3.01. The Kier molecular flexibility index (Phi) is 6.18. The Hall–Kier alpha value is -1.40. The minimum Gasteiger partial charge on any atom is -0.497 e. The number of anilines is 1. The Bertz CT molecular complexity index is 575. The number of halogens is 1. The first-order chi connectivity index (χ1) is 10.7. The summed E-state index contributed by atoms with van der Waals surface area (Å²) in [6.45, 7) is 0. The molecule has 126 valence electrons. The molecule has 1 amide bonds. The summed E-state index contributed by atoms with van der Waals surface area (Å²) in [5.74, 6) is 1.75. The first kappa shape index (κ1) is 17.9. The number of hydrogen-bond donors (Lipinski definition) is 1. The van der Waals surface area contributed by atoms with Crippen LogP contribution in [0.1, 0.15) is 19.3 Å². The molecule has 1 aliphatic carbocycles. The summed E-state index contributed by atoms with van der Waals surface area (Å²) in [7, 11) is 3.66. The van der Waals surface area contributed by atoms with Gasteiger partial charge in [0.15, 0.2) is 5.17 Å². The molecule has 1 N–H and O–H groups in total. The Morgan fingerprint density at radius 3 is 2.70 bits per heavy atom. The van der Waals surface area contributed by atoms with Gasteiger partial charge in [-0.15, -0.1) is 12.4 Å². The molecule has 0 spiro atoms. The molecule has 2 fully saturated rings. The van der Waals surface area contributed by atoms with Crippen LogP contribution in [0.4, 0.5) is 5.69 Å². The lowest BCUT2D eigenvalue weighted by molar-refractivity contribution is -0.116. The van der Waals surface area contributed by atoms with Crippen molar-refractivity contribution < 1.29 is 9.53 Å². The zero-order valence-electron chi connectivity index (χ0n) is 13.3. The third-order valence-electron chi connectivity index (χ3n) is 3.89. The van der Waals surface area contributed by atoms with E-state index in [1.54, 1.807) is 18.9 Å². The van der Waals surface area contributed by atoms with Crippen molar-refractivity contribution >= 4 is 40.9 Å². The molecule has 1 unspecified atom stereocenters. The van der Waals surface area contributed by atoms with E-state index in [1.165, 1.54) is 12.8 Å². The lowest BCUT2D eigenvalue weighted by Gasteiger charge is -2.20. The van der Waals surface area contributed by atoms with E-state index >= 15 is 0 Å². The van der Waals surface area contributed by atoms with E-state index in [1.807, 2.05) is 31.3 Å². The second kappa shape index (κ2) is 7.93. The molecule has 1 saturated heterocycles. The van der Waals surface area contributed by atoms with Gasteiger partial charge in [-0.05, 0) is 37.1 Å². The summed E-state index contributed by atoms with van der Waals surface area (Å²) >= 11 is 1.76. The highest BCUT2D eigenvalue weighted by Crippen LogP contribution is 2.30. The van der Waals surface area contributed by atoms with Gasteiger partial charge in [0.1, 0.15) is 5.75 Å². The number of rotatable bonds is 5. The fourth-order valence-corrected chi connectivity index (χ4v) is 3.58. The van der Waals surface area contributed by atoms with Crippen LogP contribution in [0, 0.1) is 0 Å². The smallest absolute Gasteiger partial charge is 0.226 e. The third kappa shape index (κ3) is 4.78. The van der Waals surface area contributed by atoms with Crippen LogP contribution in [-0.4, -0.2) is 48.0 Å². The summed E-state index contributed by atoms with van der Waals surface area (Å²) in [5.41, 5.74) is 0.797. The van der Waals surface area contributed by atoms with Gasteiger partial charge in [-0.25, -0.2) is 0 Å². The largest absolute Gasteiger partial charge is 0.497 e. The van der Waals surface area contributed by atoms with Crippen molar-refractivity contribution in [2.75, 3.05) is 25.2 Å². The number of carbonyl (C=O) groups is 1. The predicted molar refractivity (Wildman–Crippen MR) is 98.0 cm³/mol. The van der Waals surface area contributed by atoms with Crippen LogP contribution in [0.2, 0.25) is 0 Å². The standard InChI is InChI=1S/C16H21N3O2S.ClH/c1-19-13(10-22-16(19)18-12-3-4-12)9-15(20)17-11-5-7-14(21-2)8-6-11;/h5-8,12-13H,3-4,9-10H2,1-2H3,(H,17,20);1H/b18-16-;. The number of benzene rings is 1. The molecule has 2 aliphatic rings. The van der Waals surface area contributed by atoms with Crippen LogP contribution in [0.15, 0.2) is 29.3 Å². The van der Waals surface area contributed by atoms with Crippen molar-refractivity contribution in [1.82, 2.24) is 4.90 Å². The average Bonchev–Trinajstić information content (AvgIpc) is 3.28. The normalized spacial score (nSPS) is 21.9. The highest BCUT2D eigenvalue weighted by molar-refractivity contribution is 8.14. The Morgan fingerprint density at radius 2 is 2.09 bits per heavy atom. The quantitative estimate of drug-likeness (QED) is 0.882. The number of ether oxygens (including phenoxy) is 1. The number of hydrogen-bond acceptors (Lipinski definition) is 4. The number of nitrogens with zero attached hydrogens (tertiary/aromatic N) is 2. The van der Waals surface area contributed by atoms with E-state index in [-0.39, 0.29) is 24.4 Å². The minimum absolute atomic E-state index is 0. The highest BCUT2D eigenvalue weighted by Gasteiger charge is 2.31. The summed E-state index contributed by atoms with van der Waals surface area (Å²) in [6.07, 6.45) is 2.90. The number of aliphatic imine (C=N–C) groups is 1. The van der Waals surface area contributed by atoms with Crippen molar-refractivity contribution in [3.8, 4) is 5.75 Å². The van der Waals surface area contributed by atoms with E-state index in [0.29, 0.717) is 12.5 Å². The van der Waals surface area contributed by atoms with Gasteiger partial charge < -0.3 is 15.0 Å². The van der Waals surface area contributed by atoms with Crippen molar-refractivity contribution in [2.45, 2.75) is 31.3 Å². The molecule has 3 rings (SSSR count). The van der Waals surface area contributed by atoms with E-state index in [2.05, 4.69) is 15.2 Å². The molecule has 1 saturated carbocycles. The molecular weight excluding hydrogens is 334 g/mol. The molecule has 0 radical (unpaired) electrons. The fraction of sp³-hybridized carbons (Fsp3) is 0.500. The zero-order valence-corrected chi connectivity index (χ0v) is 15.0. The molecule has 23 heavy (non-hydrogen) atoms. The van der Waals surface area contributed by atoms with Crippen LogP contribution in [0.3, 0.4) is 0 Å². The third-order valence-corrected chi connectivity index (χ3v) is 5.09. The Labute approximate surface area is 147 Å². The molecule has 1 aromatic rings. The van der Waals surface area contributed by atoms with Crippen molar-refractivity contribution in [3.05, 3.63) is 24.3 Å². The SMILES string of the molecule is COc1ccc(NC(=O)CC2CS/C(=N\C3CC3)N2C)cc1.Cl. The monoisotopic (exact) mass is 355 g/mol. The second-order valence-electron chi connectivity index (χ2n) is 5.70. The highest BCUT2D eigenvalue weighted by atomic mass is 35.5. The first-order valence-electron chi connectivity index (χ1n) is 7.53. The van der Waals surface area contributed by atoms with Crippen molar-refractivity contribution in [1.29, 1.82) is 0 Å². The van der Waals surface area contributed by atoms with Gasteiger partial charge in [0.05, 0.1) is 13.2 Å². The molecule has 0 aromatic heterocycles. The molecule has 5 nitrogen and oxygen atoms in total. The van der Waals surface area contributed by atoms with Crippen LogP contribution in [-0.2, 0) is 4.79 Å². The van der Waals surface area contributed by atoms with E-state index < -0.39 is 0 Å². The maximum Gasteiger partial charge on any atom is 0.226 e. The van der Waals surface area contributed by atoms with Gasteiger partial charge in [-0.1, -0.05) is 11.8 Å². The Morgan fingerprint density at radius 1 is 1.39 bits per heavy atom. The topological polar surface area (TPSA) is 53.9 Å². The number of methoxy groups -OCH3 is 1. The van der Waals surface area contributed by atoms with Gasteiger partial charge in [0.2, 0.25) is 5.91 Å². The second-order valence-corrected chi connectivity index (χ2v) is 6.69. The summed E-state index contributed by atoms with van der Waals surface area (Å²) in [6, 6.07) is 8.13. The molecule has 1 atom stereocenters. The summed E-state index contributed by atoms with van der Waals surface area (Å²) in [4.78, 5) is 19.0. The number of amidine groups is 1. The van der Waals surface area contributed by atoms with E-state index in [0.717, 1.165) is 22.4 Å². The Balaban J connectivity index is 0.00000192. The number of thioether (sulfide) groups is 1. The molecule has 0 bridgehead atoms. The van der Waals surface area contributed by atoms with Crippen LogP contribution < -0.4 is 10.1 Å². The molecule has 1 heterocycles. The molecular formula is C16H22ClN3O2S. The first-order valence-corrected chi connectivity index (χ1v) is 8.51. The minimum atomic E-state index is 0. The number of amides is 1. The molecule has 1 aromatic carbocycles. The molecule has 7 heteroatoms. The van der Waals surface area contributed by atoms with E-state index in [4.69, 9.17) is 4.74 Å². The molecule has 1 aliphatic heterocycles. The lowest BCUT2D eigenvalue weighted by Crippen LogP contribution is -2.33. The fourth-order valence-electron chi connectivity index (χ4n) is 2.32. The van der Waals surface area contributed by atoms with Crippen molar-refractivity contribution in [3.63, 3.8) is 0 Å². The van der Waals surface area contributed by atoms with Gasteiger partial charge >= 0.3 is 0 Å². The van der Waals surface area contributed by atoms with Crippen LogP contribution >= 0.6 is 24.2 Å². The maximum atomic E-state index is 12.2. The number of carbonyl (C=O) groups excluding carboxylic acids is 1. The summed E-state index contributed by atoms with van der Waals surface area (Å²) in [5, 5.41) is 4.03. The zero-order chi connectivity index (χ0) is 15.5. The van der Waals surface area contributed by atoms with Gasteiger partial charge in [-0.2, -0.15) is 0 Å². The average molecular weight is 356 g/mol. The van der Waals surface area contributed by atoms with Crippen LogP contribution in [0.25, 0.3) is 0 Å². The van der Waals surface area contributed by atoms with E-state index in [9.17, 15) is 4.79 Å². The lowest BCUT2D eigenvalue weighted by atomic mass is 10.2. The van der Waals surface area contributed by atoms with Gasteiger partial charge in [-0.3, -0.25) is 9.79 Å². The van der Waals surface area contributed by atoms with Crippen LogP contribution in [0.5, 0.6) is 5.75 Å². The van der Waals surface area contributed by atoms with Gasteiger partial charge in [0, 0.05) is 31.0 Å². The number of nitrogens with one attached hydrogen (secondary N) is 1. The maximum absolute atomic E-state index is 12.2.